The third-order valence-corrected chi connectivity index (χ3v) is 3.65. The summed E-state index contributed by atoms with van der Waals surface area (Å²) in [6.07, 6.45) is 0. The van der Waals surface area contributed by atoms with Gasteiger partial charge in [0.15, 0.2) is 0 Å². The zero-order valence-corrected chi connectivity index (χ0v) is 11.8. The zero-order valence-electron chi connectivity index (χ0n) is 11.0. The van der Waals surface area contributed by atoms with Gasteiger partial charge in [-0.3, -0.25) is 0 Å². The fourth-order valence-corrected chi connectivity index (χ4v) is 2.20. The second-order valence-corrected chi connectivity index (χ2v) is 5.72. The second-order valence-electron chi connectivity index (χ2n) is 3.80. The van der Waals surface area contributed by atoms with Crippen molar-refractivity contribution in [3.05, 3.63) is 24.3 Å². The van der Waals surface area contributed by atoms with Crippen LogP contribution in [0.5, 0.6) is 5.75 Å². The molecule has 0 saturated heterocycles. The lowest BCUT2D eigenvalue weighted by Gasteiger charge is -2.09. The molecule has 3 N–H and O–H groups in total. The highest BCUT2D eigenvalue weighted by Crippen LogP contribution is 2.19. The predicted octanol–water partition coefficient (Wildman–Crippen LogP) is 0.604. The minimum absolute atomic E-state index is 0.0538. The van der Waals surface area contributed by atoms with Crippen LogP contribution < -0.4 is 15.2 Å². The van der Waals surface area contributed by atoms with Crippen molar-refractivity contribution >= 4 is 15.7 Å². The molecular formula is C12H20N2O4S. The molecule has 0 aliphatic rings. The molecule has 1 aromatic carbocycles. The number of para-hydroxylation sites is 2. The van der Waals surface area contributed by atoms with Crippen LogP contribution in [0.25, 0.3) is 0 Å². The predicted molar refractivity (Wildman–Crippen MR) is 74.6 cm³/mol. The molecule has 0 spiro atoms. The summed E-state index contributed by atoms with van der Waals surface area (Å²) in [6, 6.07) is 6.96. The minimum atomic E-state index is -3.34. The van der Waals surface area contributed by atoms with Gasteiger partial charge in [0, 0.05) is 13.2 Å². The Hall–Kier alpha value is -1.31. The van der Waals surface area contributed by atoms with Crippen molar-refractivity contribution in [1.29, 1.82) is 0 Å². The van der Waals surface area contributed by atoms with Gasteiger partial charge in [-0.1, -0.05) is 12.1 Å². The summed E-state index contributed by atoms with van der Waals surface area (Å²) in [7, 11) is -3.34. The lowest BCUT2D eigenvalue weighted by Crippen LogP contribution is -2.31. The smallest absolute Gasteiger partial charge is 0.215 e. The number of hydrogen-bond donors (Lipinski definition) is 2. The first-order valence-electron chi connectivity index (χ1n) is 6.07. The SMILES string of the molecule is CCOCCNS(=O)(=O)CCOc1ccccc1N. The maximum absolute atomic E-state index is 11.6. The van der Waals surface area contributed by atoms with E-state index in [9.17, 15) is 8.42 Å². The molecule has 0 atom stereocenters. The van der Waals surface area contributed by atoms with Gasteiger partial charge in [0.05, 0.1) is 18.0 Å². The van der Waals surface area contributed by atoms with E-state index in [0.29, 0.717) is 24.7 Å². The van der Waals surface area contributed by atoms with Crippen LogP contribution in [0.2, 0.25) is 0 Å². The average molecular weight is 288 g/mol. The Labute approximate surface area is 113 Å². The van der Waals surface area contributed by atoms with Crippen molar-refractivity contribution in [2.24, 2.45) is 0 Å². The molecule has 0 heterocycles. The van der Waals surface area contributed by atoms with Gasteiger partial charge in [-0.2, -0.15) is 0 Å². The lowest BCUT2D eigenvalue weighted by atomic mass is 10.3. The molecule has 0 bridgehead atoms. The first-order valence-corrected chi connectivity index (χ1v) is 7.73. The molecule has 7 heteroatoms. The topological polar surface area (TPSA) is 90.6 Å². The highest BCUT2D eigenvalue weighted by atomic mass is 32.2. The van der Waals surface area contributed by atoms with Crippen LogP contribution in [-0.2, 0) is 14.8 Å². The Morgan fingerprint density at radius 3 is 2.68 bits per heavy atom. The standard InChI is InChI=1S/C12H20N2O4S/c1-2-17-8-7-14-19(15,16)10-9-18-12-6-4-3-5-11(12)13/h3-6,14H,2,7-10,13H2,1H3. The molecule has 0 saturated carbocycles. The van der Waals surface area contributed by atoms with Crippen LogP contribution in [0.4, 0.5) is 5.69 Å². The van der Waals surface area contributed by atoms with E-state index < -0.39 is 10.0 Å². The third-order valence-electron chi connectivity index (χ3n) is 2.30. The molecule has 0 unspecified atom stereocenters. The number of nitrogens with one attached hydrogen (secondary N) is 1. The van der Waals surface area contributed by atoms with Crippen LogP contribution in [0.1, 0.15) is 6.92 Å². The number of hydrogen-bond acceptors (Lipinski definition) is 5. The van der Waals surface area contributed by atoms with Gasteiger partial charge < -0.3 is 15.2 Å². The summed E-state index contributed by atoms with van der Waals surface area (Å²) < 4.78 is 36.0. The van der Waals surface area contributed by atoms with Gasteiger partial charge in [0.25, 0.3) is 0 Å². The highest BCUT2D eigenvalue weighted by Gasteiger charge is 2.10. The van der Waals surface area contributed by atoms with Crippen LogP contribution in [0.15, 0.2) is 24.3 Å². The highest BCUT2D eigenvalue weighted by molar-refractivity contribution is 7.89. The molecule has 0 fully saturated rings. The van der Waals surface area contributed by atoms with Crippen molar-refractivity contribution in [2.75, 3.05) is 37.9 Å². The number of nitrogen functional groups attached to an aromatic ring is 1. The Morgan fingerprint density at radius 2 is 2.00 bits per heavy atom. The van der Waals surface area contributed by atoms with Crippen LogP contribution in [-0.4, -0.2) is 40.5 Å². The van der Waals surface area contributed by atoms with E-state index in [2.05, 4.69) is 4.72 Å². The summed E-state index contributed by atoms with van der Waals surface area (Å²) in [5.41, 5.74) is 6.17. The monoisotopic (exact) mass is 288 g/mol. The molecule has 0 aliphatic carbocycles. The van der Waals surface area contributed by atoms with Crippen LogP contribution in [0, 0.1) is 0 Å². The third kappa shape index (κ3) is 6.42. The zero-order chi connectivity index (χ0) is 14.1. The summed E-state index contributed by atoms with van der Waals surface area (Å²) >= 11 is 0. The van der Waals surface area contributed by atoms with E-state index in [1.165, 1.54) is 0 Å². The Kier molecular flexibility index (Phi) is 6.61. The maximum Gasteiger partial charge on any atom is 0.215 e. The first-order chi connectivity index (χ1) is 9.05. The summed E-state index contributed by atoms with van der Waals surface area (Å²) in [5, 5.41) is 0. The molecule has 19 heavy (non-hydrogen) atoms. The maximum atomic E-state index is 11.6. The normalized spacial score (nSPS) is 11.4. The van der Waals surface area contributed by atoms with Gasteiger partial charge in [-0.25, -0.2) is 13.1 Å². The van der Waals surface area contributed by atoms with Crippen molar-refractivity contribution in [2.45, 2.75) is 6.92 Å². The largest absolute Gasteiger partial charge is 0.490 e. The van der Waals surface area contributed by atoms with E-state index in [1.54, 1.807) is 24.3 Å². The minimum Gasteiger partial charge on any atom is -0.490 e. The Morgan fingerprint density at radius 1 is 1.26 bits per heavy atom. The van der Waals surface area contributed by atoms with Gasteiger partial charge in [0.2, 0.25) is 10.0 Å². The van der Waals surface area contributed by atoms with E-state index in [-0.39, 0.29) is 18.9 Å². The molecule has 108 valence electrons. The van der Waals surface area contributed by atoms with Crippen molar-refractivity contribution in [3.63, 3.8) is 0 Å². The lowest BCUT2D eigenvalue weighted by molar-refractivity contribution is 0.153. The molecule has 1 rings (SSSR count). The van der Waals surface area contributed by atoms with E-state index in [4.69, 9.17) is 15.2 Å². The molecule has 0 amide bonds. The second kappa shape index (κ2) is 7.98. The molecule has 0 radical (unpaired) electrons. The quantitative estimate of drug-likeness (QED) is 0.513. The van der Waals surface area contributed by atoms with Gasteiger partial charge in [-0.15, -0.1) is 0 Å². The van der Waals surface area contributed by atoms with E-state index >= 15 is 0 Å². The fourth-order valence-electron chi connectivity index (χ4n) is 1.36. The van der Waals surface area contributed by atoms with E-state index in [1.807, 2.05) is 6.92 Å². The van der Waals surface area contributed by atoms with Crippen LogP contribution >= 0.6 is 0 Å². The number of nitrogens with two attached hydrogens (primary N) is 1. The van der Waals surface area contributed by atoms with Gasteiger partial charge in [0.1, 0.15) is 12.4 Å². The number of anilines is 1. The Bertz CT molecular complexity index is 476. The van der Waals surface area contributed by atoms with Gasteiger partial charge >= 0.3 is 0 Å². The molecule has 6 nitrogen and oxygen atoms in total. The number of benzene rings is 1. The molecule has 0 aromatic heterocycles. The Balaban J connectivity index is 2.30. The first kappa shape index (κ1) is 15.7. The fraction of sp³-hybridized carbons (Fsp3) is 0.500. The molecule has 1 aromatic rings. The number of sulfonamides is 1. The van der Waals surface area contributed by atoms with Crippen LogP contribution in [0.3, 0.4) is 0 Å². The average Bonchev–Trinajstić information content (AvgIpc) is 2.37. The summed E-state index contributed by atoms with van der Waals surface area (Å²) in [5.74, 6) is 0.375. The summed E-state index contributed by atoms with van der Waals surface area (Å²) in [6.45, 7) is 3.11. The van der Waals surface area contributed by atoms with Gasteiger partial charge in [-0.05, 0) is 19.1 Å². The van der Waals surface area contributed by atoms with Crippen molar-refractivity contribution < 1.29 is 17.9 Å². The van der Waals surface area contributed by atoms with E-state index in [0.717, 1.165) is 0 Å². The van der Waals surface area contributed by atoms with Crippen molar-refractivity contribution in [1.82, 2.24) is 4.72 Å². The van der Waals surface area contributed by atoms with Crippen molar-refractivity contribution in [3.8, 4) is 5.75 Å². The molecular weight excluding hydrogens is 268 g/mol. The number of rotatable bonds is 9. The summed E-state index contributed by atoms with van der Waals surface area (Å²) in [4.78, 5) is 0. The number of ether oxygens (including phenoxy) is 2. The molecule has 0 aliphatic heterocycles.